The summed E-state index contributed by atoms with van der Waals surface area (Å²) in [4.78, 5) is 10.6. The second kappa shape index (κ2) is 6.58. The summed E-state index contributed by atoms with van der Waals surface area (Å²) >= 11 is 0. The molecule has 0 heterocycles. The number of hydrogen-bond donors (Lipinski definition) is 1. The van der Waals surface area contributed by atoms with Gasteiger partial charge in [0.05, 0.1) is 11.6 Å². The molecule has 4 nitrogen and oxygen atoms in total. The van der Waals surface area contributed by atoms with Gasteiger partial charge < -0.3 is 9.84 Å². The highest BCUT2D eigenvalue weighted by atomic mass is 16.7. The topological polar surface area (TPSA) is 70.3 Å². The number of hydrogen-bond acceptors (Lipinski definition) is 3. The van der Waals surface area contributed by atoms with Crippen LogP contribution in [0.3, 0.4) is 0 Å². The lowest BCUT2D eigenvalue weighted by Crippen LogP contribution is -2.08. The van der Waals surface area contributed by atoms with Gasteiger partial charge in [-0.3, -0.25) is 0 Å². The first-order valence-electron chi connectivity index (χ1n) is 6.64. The number of benzene rings is 2. The fourth-order valence-electron chi connectivity index (χ4n) is 2.14. The maximum atomic E-state index is 10.6. The van der Waals surface area contributed by atoms with Crippen molar-refractivity contribution in [1.82, 2.24) is 0 Å². The van der Waals surface area contributed by atoms with Crippen LogP contribution in [0.2, 0.25) is 0 Å². The molecule has 106 valence electrons. The summed E-state index contributed by atoms with van der Waals surface area (Å²) in [7, 11) is 0. The lowest BCUT2D eigenvalue weighted by Gasteiger charge is -2.14. The number of nitrogens with zero attached hydrogens (tertiary/aromatic N) is 1. The molecule has 0 aliphatic carbocycles. The second-order valence-electron chi connectivity index (χ2n) is 4.59. The SMILES string of the molecule is CCC(OC(=O)O)c1ccc(-c2ccc(C#N)cc2)cc1. The van der Waals surface area contributed by atoms with Crippen molar-refractivity contribution in [3.05, 3.63) is 59.7 Å². The zero-order valence-electron chi connectivity index (χ0n) is 11.6. The minimum Gasteiger partial charge on any atom is -0.450 e. The Balaban J connectivity index is 2.21. The van der Waals surface area contributed by atoms with E-state index in [9.17, 15) is 4.79 Å². The van der Waals surface area contributed by atoms with Crippen molar-refractivity contribution < 1.29 is 14.6 Å². The number of carbonyl (C=O) groups is 1. The average Bonchev–Trinajstić information content (AvgIpc) is 2.53. The first-order chi connectivity index (χ1) is 10.1. The van der Waals surface area contributed by atoms with E-state index in [0.29, 0.717) is 12.0 Å². The van der Waals surface area contributed by atoms with E-state index in [1.807, 2.05) is 43.3 Å². The Labute approximate surface area is 123 Å². The van der Waals surface area contributed by atoms with Crippen molar-refractivity contribution in [2.75, 3.05) is 0 Å². The van der Waals surface area contributed by atoms with Crippen LogP contribution in [-0.2, 0) is 4.74 Å². The average molecular weight is 281 g/mol. The van der Waals surface area contributed by atoms with Crippen LogP contribution in [0.4, 0.5) is 4.79 Å². The fraction of sp³-hybridized carbons (Fsp3) is 0.176. The Morgan fingerprint density at radius 3 is 2.10 bits per heavy atom. The summed E-state index contributed by atoms with van der Waals surface area (Å²) in [5, 5.41) is 17.5. The smallest absolute Gasteiger partial charge is 0.450 e. The Morgan fingerprint density at radius 2 is 1.67 bits per heavy atom. The van der Waals surface area contributed by atoms with Crippen molar-refractivity contribution in [2.24, 2.45) is 0 Å². The van der Waals surface area contributed by atoms with E-state index in [1.54, 1.807) is 12.1 Å². The highest BCUT2D eigenvalue weighted by molar-refractivity contribution is 5.64. The van der Waals surface area contributed by atoms with Gasteiger partial charge in [0.15, 0.2) is 0 Å². The molecule has 4 heteroatoms. The molecule has 2 rings (SSSR count). The summed E-state index contributed by atoms with van der Waals surface area (Å²) < 4.78 is 4.84. The molecule has 2 aromatic rings. The first kappa shape index (κ1) is 14.6. The van der Waals surface area contributed by atoms with Gasteiger partial charge in [-0.25, -0.2) is 4.79 Å². The molecule has 1 atom stereocenters. The largest absolute Gasteiger partial charge is 0.506 e. The molecule has 0 saturated carbocycles. The number of nitriles is 1. The molecule has 1 N–H and O–H groups in total. The van der Waals surface area contributed by atoms with Crippen LogP contribution in [0.5, 0.6) is 0 Å². The minimum atomic E-state index is -1.27. The van der Waals surface area contributed by atoms with E-state index >= 15 is 0 Å². The van der Waals surface area contributed by atoms with E-state index in [4.69, 9.17) is 15.1 Å². The predicted molar refractivity (Wildman–Crippen MR) is 78.7 cm³/mol. The third kappa shape index (κ3) is 3.61. The van der Waals surface area contributed by atoms with E-state index in [1.165, 1.54) is 0 Å². The highest BCUT2D eigenvalue weighted by Gasteiger charge is 2.13. The Morgan fingerprint density at radius 1 is 1.14 bits per heavy atom. The Bertz CT molecular complexity index is 654. The summed E-state index contributed by atoms with van der Waals surface area (Å²) in [5.74, 6) is 0. The zero-order valence-corrected chi connectivity index (χ0v) is 11.6. The van der Waals surface area contributed by atoms with Gasteiger partial charge in [0, 0.05) is 0 Å². The normalized spacial score (nSPS) is 11.4. The van der Waals surface area contributed by atoms with Crippen molar-refractivity contribution in [3.8, 4) is 17.2 Å². The van der Waals surface area contributed by atoms with Gasteiger partial charge in [-0.15, -0.1) is 0 Å². The Hall–Kier alpha value is -2.80. The van der Waals surface area contributed by atoms with E-state index in [2.05, 4.69) is 6.07 Å². The molecule has 0 aromatic heterocycles. The molecule has 21 heavy (non-hydrogen) atoms. The number of rotatable bonds is 4. The van der Waals surface area contributed by atoms with Gasteiger partial charge in [0.2, 0.25) is 0 Å². The van der Waals surface area contributed by atoms with Gasteiger partial charge in [-0.05, 0) is 35.2 Å². The molecule has 0 aliphatic rings. The first-order valence-corrected chi connectivity index (χ1v) is 6.64. The minimum absolute atomic E-state index is 0.447. The Kier molecular flexibility index (Phi) is 4.57. The highest BCUT2D eigenvalue weighted by Crippen LogP contribution is 2.25. The van der Waals surface area contributed by atoms with Crippen molar-refractivity contribution in [2.45, 2.75) is 19.4 Å². The third-order valence-electron chi connectivity index (χ3n) is 3.24. The van der Waals surface area contributed by atoms with Crippen LogP contribution in [0.15, 0.2) is 48.5 Å². The molecular formula is C17H15NO3. The lowest BCUT2D eigenvalue weighted by molar-refractivity contribution is 0.0496. The molecule has 0 aliphatic heterocycles. The van der Waals surface area contributed by atoms with Gasteiger partial charge >= 0.3 is 6.16 Å². The van der Waals surface area contributed by atoms with Crippen molar-refractivity contribution >= 4 is 6.16 Å². The van der Waals surface area contributed by atoms with Gasteiger partial charge in [-0.1, -0.05) is 43.3 Å². The molecule has 0 fully saturated rings. The van der Waals surface area contributed by atoms with Crippen LogP contribution in [0.1, 0.15) is 30.6 Å². The zero-order chi connectivity index (χ0) is 15.2. The standard InChI is InChI=1S/C17H15NO3/c1-2-16(21-17(19)20)15-9-7-14(8-10-15)13-5-3-12(11-18)4-6-13/h3-10,16H,2H2,1H3,(H,19,20). The van der Waals surface area contributed by atoms with E-state index in [0.717, 1.165) is 16.7 Å². The predicted octanol–water partition coefficient (Wildman–Crippen LogP) is 4.37. The second-order valence-corrected chi connectivity index (χ2v) is 4.59. The third-order valence-corrected chi connectivity index (χ3v) is 3.24. The van der Waals surface area contributed by atoms with Gasteiger partial charge in [0.25, 0.3) is 0 Å². The van der Waals surface area contributed by atoms with E-state index < -0.39 is 12.3 Å². The fourth-order valence-corrected chi connectivity index (χ4v) is 2.14. The quantitative estimate of drug-likeness (QED) is 0.845. The summed E-state index contributed by atoms with van der Waals surface area (Å²) in [6.45, 7) is 1.88. The summed E-state index contributed by atoms with van der Waals surface area (Å²) in [6, 6.07) is 17.0. The molecule has 0 saturated heterocycles. The summed E-state index contributed by atoms with van der Waals surface area (Å²) in [5.41, 5.74) is 3.47. The molecule has 1 unspecified atom stereocenters. The molecule has 2 aromatic carbocycles. The number of ether oxygens (including phenoxy) is 1. The molecule has 0 bridgehead atoms. The van der Waals surface area contributed by atoms with E-state index in [-0.39, 0.29) is 0 Å². The number of carboxylic acid groups (broad SMARTS) is 1. The molecule has 0 radical (unpaired) electrons. The summed E-state index contributed by atoms with van der Waals surface area (Å²) in [6.07, 6.45) is -1.13. The monoisotopic (exact) mass is 281 g/mol. The maximum absolute atomic E-state index is 10.6. The van der Waals surface area contributed by atoms with Crippen LogP contribution < -0.4 is 0 Å². The van der Waals surface area contributed by atoms with Gasteiger partial charge in [-0.2, -0.15) is 5.26 Å². The van der Waals surface area contributed by atoms with Crippen molar-refractivity contribution in [1.29, 1.82) is 5.26 Å². The maximum Gasteiger partial charge on any atom is 0.506 e. The molecular weight excluding hydrogens is 266 g/mol. The molecule has 0 amide bonds. The van der Waals surface area contributed by atoms with Crippen LogP contribution in [-0.4, -0.2) is 11.3 Å². The van der Waals surface area contributed by atoms with Crippen molar-refractivity contribution in [3.63, 3.8) is 0 Å². The molecule has 0 spiro atoms. The van der Waals surface area contributed by atoms with Crippen LogP contribution >= 0.6 is 0 Å². The van der Waals surface area contributed by atoms with Crippen LogP contribution in [0, 0.1) is 11.3 Å². The lowest BCUT2D eigenvalue weighted by atomic mass is 10.0. The van der Waals surface area contributed by atoms with Gasteiger partial charge in [0.1, 0.15) is 6.10 Å². The van der Waals surface area contributed by atoms with Crippen LogP contribution in [0.25, 0.3) is 11.1 Å².